The number of likely N-dealkylation sites (tertiary alicyclic amines) is 1. The summed E-state index contributed by atoms with van der Waals surface area (Å²) in [6.45, 7) is 2.07. The van der Waals surface area contributed by atoms with E-state index in [0.29, 0.717) is 31.6 Å². The van der Waals surface area contributed by atoms with E-state index in [-0.39, 0.29) is 50.6 Å². The maximum atomic E-state index is 13.6. The molecule has 2 aliphatic rings. The number of nitrogens with one attached hydrogen (secondary N) is 1. The molecule has 1 aromatic heterocycles. The fraction of sp³-hybridized carbons (Fsp3) is 0.429. The first-order valence-corrected chi connectivity index (χ1v) is 13.1. The van der Waals surface area contributed by atoms with Crippen LogP contribution in [0.5, 0.6) is 0 Å². The molecule has 5 rings (SSSR count). The molecule has 0 radical (unpaired) electrons. The van der Waals surface area contributed by atoms with E-state index >= 15 is 0 Å². The molecule has 3 aromatic rings. The van der Waals surface area contributed by atoms with E-state index in [1.54, 1.807) is 11.1 Å². The highest BCUT2D eigenvalue weighted by Crippen LogP contribution is 2.37. The summed E-state index contributed by atoms with van der Waals surface area (Å²) in [5, 5.41) is 0.901. The number of aromatic amines is 1. The largest absolute Gasteiger partial charge is 0.416 e. The molecule has 2 aliphatic heterocycles. The molecule has 2 aromatic carbocycles. The second kappa shape index (κ2) is 11.9. The SMILES string of the molecule is Cl.O=C(CN1CCN(C(=O)c2cc(C(F)(F)F)cc(C(F)(F)F)c2)[C@H](Cc2c[nH]c3ccccc23)C1)N1CCCC1. The summed E-state index contributed by atoms with van der Waals surface area (Å²) in [4.78, 5) is 34.6. The second-order valence-electron chi connectivity index (χ2n) is 10.3. The predicted octanol–water partition coefficient (Wildman–Crippen LogP) is 5.62. The minimum Gasteiger partial charge on any atom is -0.361 e. The highest BCUT2D eigenvalue weighted by molar-refractivity contribution is 5.95. The lowest BCUT2D eigenvalue weighted by Crippen LogP contribution is -2.57. The van der Waals surface area contributed by atoms with Gasteiger partial charge in [-0.25, -0.2) is 0 Å². The van der Waals surface area contributed by atoms with Gasteiger partial charge in [-0.3, -0.25) is 14.5 Å². The first-order chi connectivity index (χ1) is 18.9. The van der Waals surface area contributed by atoms with Crippen LogP contribution in [0.25, 0.3) is 10.9 Å². The molecule has 2 amide bonds. The number of para-hydroxylation sites is 1. The monoisotopic (exact) mass is 602 g/mol. The van der Waals surface area contributed by atoms with E-state index in [4.69, 9.17) is 0 Å². The number of hydrogen-bond donors (Lipinski definition) is 1. The van der Waals surface area contributed by atoms with Crippen LogP contribution in [0.4, 0.5) is 26.3 Å². The van der Waals surface area contributed by atoms with Crippen molar-refractivity contribution >= 4 is 35.1 Å². The second-order valence-corrected chi connectivity index (χ2v) is 10.3. The Morgan fingerprint density at radius 2 is 1.51 bits per heavy atom. The van der Waals surface area contributed by atoms with Gasteiger partial charge >= 0.3 is 12.4 Å². The fourth-order valence-electron chi connectivity index (χ4n) is 5.56. The molecule has 0 spiro atoms. The number of alkyl halides is 6. The van der Waals surface area contributed by atoms with Gasteiger partial charge in [-0.15, -0.1) is 12.4 Å². The molecule has 222 valence electrons. The Kier molecular flexibility index (Phi) is 8.93. The Balaban J connectivity index is 0.00000387. The van der Waals surface area contributed by atoms with Crippen molar-refractivity contribution in [2.45, 2.75) is 37.7 Å². The summed E-state index contributed by atoms with van der Waals surface area (Å²) in [5.41, 5.74) is -2.03. The zero-order valence-electron chi connectivity index (χ0n) is 21.9. The van der Waals surface area contributed by atoms with Crippen molar-refractivity contribution in [3.05, 3.63) is 70.9 Å². The van der Waals surface area contributed by atoms with Crippen molar-refractivity contribution in [1.29, 1.82) is 0 Å². The van der Waals surface area contributed by atoms with Gasteiger partial charge in [0.1, 0.15) is 0 Å². The average molecular weight is 603 g/mol. The molecule has 0 aliphatic carbocycles. The van der Waals surface area contributed by atoms with Crippen LogP contribution in [0.3, 0.4) is 0 Å². The number of amides is 2. The van der Waals surface area contributed by atoms with Gasteiger partial charge in [0, 0.05) is 61.4 Å². The Bertz CT molecular complexity index is 1370. The van der Waals surface area contributed by atoms with E-state index in [1.807, 2.05) is 29.2 Å². The number of H-pyrrole nitrogens is 1. The average Bonchev–Trinajstić information content (AvgIpc) is 3.58. The highest BCUT2D eigenvalue weighted by Gasteiger charge is 2.39. The van der Waals surface area contributed by atoms with Crippen LogP contribution >= 0.6 is 12.4 Å². The Labute approximate surface area is 238 Å². The lowest BCUT2D eigenvalue weighted by Gasteiger charge is -2.42. The topological polar surface area (TPSA) is 59.7 Å². The Morgan fingerprint density at radius 3 is 2.15 bits per heavy atom. The molecular weight excluding hydrogens is 574 g/mol. The van der Waals surface area contributed by atoms with Crippen LogP contribution in [0, 0.1) is 0 Å². The molecule has 3 heterocycles. The van der Waals surface area contributed by atoms with E-state index in [0.717, 1.165) is 29.3 Å². The summed E-state index contributed by atoms with van der Waals surface area (Å²) in [5.74, 6) is -0.942. The van der Waals surface area contributed by atoms with Crippen molar-refractivity contribution in [2.24, 2.45) is 0 Å². The predicted molar refractivity (Wildman–Crippen MR) is 143 cm³/mol. The van der Waals surface area contributed by atoms with Crippen LogP contribution < -0.4 is 0 Å². The first kappa shape index (κ1) is 30.7. The molecule has 6 nitrogen and oxygen atoms in total. The molecular formula is C28H29ClF6N4O2. The molecule has 1 atom stereocenters. The molecule has 1 N–H and O–H groups in total. The first-order valence-electron chi connectivity index (χ1n) is 13.1. The Morgan fingerprint density at radius 1 is 0.878 bits per heavy atom. The van der Waals surface area contributed by atoms with Crippen LogP contribution in [-0.2, 0) is 23.6 Å². The third kappa shape index (κ3) is 6.81. The number of benzene rings is 2. The molecule has 13 heteroatoms. The number of carbonyl (C=O) groups is 2. The van der Waals surface area contributed by atoms with Crippen LogP contribution in [0.1, 0.15) is 39.9 Å². The van der Waals surface area contributed by atoms with Gasteiger partial charge in [-0.2, -0.15) is 26.3 Å². The zero-order chi connectivity index (χ0) is 28.7. The minimum absolute atomic E-state index is 0. The number of hydrogen-bond acceptors (Lipinski definition) is 3. The van der Waals surface area contributed by atoms with Crippen molar-refractivity contribution in [3.8, 4) is 0 Å². The normalized spacial score (nSPS) is 18.5. The van der Waals surface area contributed by atoms with Gasteiger partial charge in [-0.05, 0) is 49.1 Å². The van der Waals surface area contributed by atoms with Gasteiger partial charge in [0.15, 0.2) is 0 Å². The number of nitrogens with zero attached hydrogens (tertiary/aromatic N) is 3. The molecule has 2 saturated heterocycles. The number of fused-ring (bicyclic) bond motifs is 1. The standard InChI is InChI=1S/C28H28F6N4O2.ClH/c29-27(30,31)20-11-18(12-21(14-20)28(32,33)34)26(40)38-10-9-36(17-25(39)37-7-3-4-8-37)16-22(38)13-19-15-35-24-6-2-1-5-23(19)24;/h1-2,5-6,11-12,14-15,22,35H,3-4,7-10,13,16-17H2;1H/t22-;/m1./s1. The summed E-state index contributed by atoms with van der Waals surface area (Å²) in [6.07, 6.45) is -6.16. The number of rotatable bonds is 5. The lowest BCUT2D eigenvalue weighted by molar-refractivity contribution is -0.143. The smallest absolute Gasteiger partial charge is 0.361 e. The van der Waals surface area contributed by atoms with Crippen LogP contribution in [-0.4, -0.2) is 76.8 Å². The van der Waals surface area contributed by atoms with Crippen LogP contribution in [0.15, 0.2) is 48.7 Å². The fourth-order valence-corrected chi connectivity index (χ4v) is 5.56. The van der Waals surface area contributed by atoms with Gasteiger partial charge < -0.3 is 14.8 Å². The van der Waals surface area contributed by atoms with E-state index in [2.05, 4.69) is 4.98 Å². The summed E-state index contributed by atoms with van der Waals surface area (Å²) < 4.78 is 80.9. The van der Waals surface area contributed by atoms with Crippen LogP contribution in [0.2, 0.25) is 0 Å². The van der Waals surface area contributed by atoms with Gasteiger partial charge in [-0.1, -0.05) is 18.2 Å². The van der Waals surface area contributed by atoms with E-state index < -0.39 is 41.0 Å². The highest BCUT2D eigenvalue weighted by atomic mass is 35.5. The van der Waals surface area contributed by atoms with Gasteiger partial charge in [0.25, 0.3) is 5.91 Å². The molecule has 2 fully saturated rings. The van der Waals surface area contributed by atoms with E-state index in [1.165, 1.54) is 4.90 Å². The minimum atomic E-state index is -5.06. The third-order valence-corrected chi connectivity index (χ3v) is 7.61. The number of aromatic nitrogens is 1. The van der Waals surface area contributed by atoms with Crippen molar-refractivity contribution in [1.82, 2.24) is 19.7 Å². The molecule has 0 bridgehead atoms. The van der Waals surface area contributed by atoms with Gasteiger partial charge in [0.2, 0.25) is 5.91 Å². The van der Waals surface area contributed by atoms with Crippen molar-refractivity contribution in [3.63, 3.8) is 0 Å². The maximum Gasteiger partial charge on any atom is 0.416 e. The molecule has 0 unspecified atom stereocenters. The summed E-state index contributed by atoms with van der Waals surface area (Å²) >= 11 is 0. The molecule has 41 heavy (non-hydrogen) atoms. The summed E-state index contributed by atoms with van der Waals surface area (Å²) in [6, 6.07) is 7.87. The number of piperazine rings is 1. The molecule has 0 saturated carbocycles. The van der Waals surface area contributed by atoms with Crippen molar-refractivity contribution < 1.29 is 35.9 Å². The van der Waals surface area contributed by atoms with Gasteiger partial charge in [0.05, 0.1) is 17.7 Å². The van der Waals surface area contributed by atoms with Crippen molar-refractivity contribution in [2.75, 3.05) is 39.3 Å². The number of carbonyl (C=O) groups excluding carboxylic acids is 2. The zero-order valence-corrected chi connectivity index (χ0v) is 22.7. The number of halogens is 7. The quantitative estimate of drug-likeness (QED) is 0.386. The Hall–Kier alpha value is -3.25. The lowest BCUT2D eigenvalue weighted by atomic mass is 9.98. The third-order valence-electron chi connectivity index (χ3n) is 7.61. The maximum absolute atomic E-state index is 13.6. The van der Waals surface area contributed by atoms with E-state index in [9.17, 15) is 35.9 Å². The summed E-state index contributed by atoms with van der Waals surface area (Å²) in [7, 11) is 0.